The molecule has 3 aromatic rings. The number of anilines is 2. The monoisotopic (exact) mass is 465 g/mol. The minimum absolute atomic E-state index is 0.154. The summed E-state index contributed by atoms with van der Waals surface area (Å²) in [4.78, 5) is 26.8. The second-order valence-electron chi connectivity index (χ2n) is 8.49. The fourth-order valence-corrected chi connectivity index (χ4v) is 4.44. The zero-order valence-electron chi connectivity index (χ0n) is 19.1. The first kappa shape index (κ1) is 24.1. The molecule has 1 saturated heterocycles. The molecule has 1 aliphatic heterocycles. The van der Waals surface area contributed by atoms with Crippen LogP contribution in [-0.4, -0.2) is 85.8 Å². The van der Waals surface area contributed by atoms with Crippen LogP contribution in [0.15, 0.2) is 42.5 Å². The summed E-state index contributed by atoms with van der Waals surface area (Å²) in [5.41, 5.74) is 1.86. The number of hydrogen-bond donors (Lipinski definition) is 4. The molecule has 8 heteroatoms. The number of Topliss-reactive ketones (excluding diaryl/α,β-unsaturated/α-hetero) is 1. The van der Waals surface area contributed by atoms with Gasteiger partial charge in [-0.1, -0.05) is 24.3 Å². The van der Waals surface area contributed by atoms with E-state index in [1.54, 1.807) is 0 Å². The van der Waals surface area contributed by atoms with Gasteiger partial charge in [-0.2, -0.15) is 0 Å². The topological polar surface area (TPSA) is 111 Å². The van der Waals surface area contributed by atoms with E-state index >= 15 is 0 Å². The molecule has 1 fully saturated rings. The van der Waals surface area contributed by atoms with E-state index in [4.69, 9.17) is 4.74 Å². The molecule has 0 spiro atoms. The third kappa shape index (κ3) is 5.37. The van der Waals surface area contributed by atoms with E-state index in [1.807, 2.05) is 42.5 Å². The highest BCUT2D eigenvalue weighted by Gasteiger charge is 2.19. The molecule has 0 bridgehead atoms. The van der Waals surface area contributed by atoms with Crippen molar-refractivity contribution < 1.29 is 24.5 Å². The van der Waals surface area contributed by atoms with E-state index in [1.165, 1.54) is 0 Å². The van der Waals surface area contributed by atoms with Crippen LogP contribution in [-0.2, 0) is 9.53 Å². The van der Waals surface area contributed by atoms with Crippen molar-refractivity contribution >= 4 is 45.0 Å². The molecule has 180 valence electrons. The summed E-state index contributed by atoms with van der Waals surface area (Å²) < 4.78 is 5.40. The number of aliphatic hydroxyl groups excluding tert-OH is 2. The predicted molar refractivity (Wildman–Crippen MR) is 134 cm³/mol. The number of aldehydes is 1. The highest BCUT2D eigenvalue weighted by atomic mass is 16.5. The number of rotatable bonds is 11. The number of hydrogen-bond acceptors (Lipinski definition) is 8. The Morgan fingerprint density at radius 3 is 2.62 bits per heavy atom. The van der Waals surface area contributed by atoms with Crippen molar-refractivity contribution in [2.45, 2.75) is 12.5 Å². The molecule has 4 N–H and O–H groups in total. The van der Waals surface area contributed by atoms with E-state index in [9.17, 15) is 19.8 Å². The molecule has 1 heterocycles. The second-order valence-corrected chi connectivity index (χ2v) is 8.49. The van der Waals surface area contributed by atoms with Crippen LogP contribution in [0.5, 0.6) is 0 Å². The number of nitrogens with one attached hydrogen (secondary N) is 2. The van der Waals surface area contributed by atoms with Crippen molar-refractivity contribution in [2.75, 3.05) is 63.2 Å². The number of aliphatic hydroxyl groups is 2. The molecule has 4 rings (SSSR count). The maximum atomic E-state index is 12.8. The van der Waals surface area contributed by atoms with Crippen molar-refractivity contribution in [1.82, 2.24) is 4.90 Å². The Bertz CT molecular complexity index is 1160. The Kier molecular flexibility index (Phi) is 8.08. The fraction of sp³-hybridized carbons (Fsp3) is 0.385. The molecule has 0 aliphatic carbocycles. The first-order chi connectivity index (χ1) is 16.6. The third-order valence-corrected chi connectivity index (χ3v) is 6.19. The molecule has 1 unspecified atom stereocenters. The Morgan fingerprint density at radius 1 is 1.09 bits per heavy atom. The van der Waals surface area contributed by atoms with Gasteiger partial charge in [0.05, 0.1) is 25.9 Å². The SMILES string of the molecule is O=CC(=O)c1c2ccccc2cc2c(NCC(O)CO)ccc(NCCCN3CCOCC3)c12. The number of benzene rings is 3. The maximum Gasteiger partial charge on any atom is 0.226 e. The van der Waals surface area contributed by atoms with Crippen LogP contribution < -0.4 is 10.6 Å². The normalized spacial score (nSPS) is 15.4. The van der Waals surface area contributed by atoms with Crippen LogP contribution in [0.3, 0.4) is 0 Å². The van der Waals surface area contributed by atoms with Gasteiger partial charge in [0, 0.05) is 53.9 Å². The minimum Gasteiger partial charge on any atom is -0.394 e. The zero-order valence-corrected chi connectivity index (χ0v) is 19.1. The summed E-state index contributed by atoms with van der Waals surface area (Å²) in [7, 11) is 0. The first-order valence-corrected chi connectivity index (χ1v) is 11.7. The minimum atomic E-state index is -0.912. The van der Waals surface area contributed by atoms with E-state index < -0.39 is 11.9 Å². The van der Waals surface area contributed by atoms with Gasteiger partial charge in [-0.3, -0.25) is 14.5 Å². The maximum absolute atomic E-state index is 12.8. The van der Waals surface area contributed by atoms with Crippen molar-refractivity contribution in [1.29, 1.82) is 0 Å². The van der Waals surface area contributed by atoms with Crippen LogP contribution in [0.4, 0.5) is 11.4 Å². The van der Waals surface area contributed by atoms with Gasteiger partial charge < -0.3 is 25.6 Å². The lowest BCUT2D eigenvalue weighted by molar-refractivity contribution is -0.104. The van der Waals surface area contributed by atoms with Gasteiger partial charge in [0.15, 0.2) is 6.29 Å². The number of ketones is 1. The molecule has 34 heavy (non-hydrogen) atoms. The van der Waals surface area contributed by atoms with Gasteiger partial charge in [0.25, 0.3) is 0 Å². The van der Waals surface area contributed by atoms with Crippen molar-refractivity contribution in [2.24, 2.45) is 0 Å². The van der Waals surface area contributed by atoms with Crippen LogP contribution in [0.25, 0.3) is 21.5 Å². The van der Waals surface area contributed by atoms with Gasteiger partial charge in [0.1, 0.15) is 0 Å². The largest absolute Gasteiger partial charge is 0.394 e. The van der Waals surface area contributed by atoms with Gasteiger partial charge in [-0.25, -0.2) is 0 Å². The summed E-state index contributed by atoms with van der Waals surface area (Å²) in [5.74, 6) is -0.578. The predicted octanol–water partition coefficient (Wildman–Crippen LogP) is 2.27. The average molecular weight is 466 g/mol. The summed E-state index contributed by atoms with van der Waals surface area (Å²) >= 11 is 0. The highest BCUT2D eigenvalue weighted by molar-refractivity contribution is 6.41. The van der Waals surface area contributed by atoms with Crippen LogP contribution in [0.1, 0.15) is 16.8 Å². The first-order valence-electron chi connectivity index (χ1n) is 11.7. The highest BCUT2D eigenvalue weighted by Crippen LogP contribution is 2.37. The van der Waals surface area contributed by atoms with Crippen molar-refractivity contribution in [3.63, 3.8) is 0 Å². The molecular formula is C26H31N3O5. The average Bonchev–Trinajstić information content (AvgIpc) is 2.88. The lowest BCUT2D eigenvalue weighted by Gasteiger charge is -2.26. The van der Waals surface area contributed by atoms with Crippen LogP contribution in [0.2, 0.25) is 0 Å². The standard InChI is InChI=1S/C26H31N3O5/c30-16-19(32)15-28-22-6-7-23(27-8-3-9-29-10-12-34-13-11-29)25-21(22)14-18-4-1-2-5-20(18)26(25)24(33)17-31/h1-2,4-7,14,17,19,27-28,30,32H,3,8-13,15-16H2. The van der Waals surface area contributed by atoms with E-state index in [-0.39, 0.29) is 13.2 Å². The molecule has 0 amide bonds. The summed E-state index contributed by atoms with van der Waals surface area (Å²) in [6.45, 7) is 4.87. The van der Waals surface area contributed by atoms with Crippen LogP contribution in [0, 0.1) is 0 Å². The number of nitrogens with zero attached hydrogens (tertiary/aromatic N) is 1. The quantitative estimate of drug-likeness (QED) is 0.112. The summed E-state index contributed by atoms with van der Waals surface area (Å²) in [5, 5.41) is 28.6. The number of ether oxygens (including phenoxy) is 1. The molecular weight excluding hydrogens is 434 g/mol. The molecule has 0 radical (unpaired) electrons. The molecule has 8 nitrogen and oxygen atoms in total. The smallest absolute Gasteiger partial charge is 0.226 e. The van der Waals surface area contributed by atoms with Gasteiger partial charge in [-0.15, -0.1) is 0 Å². The Balaban J connectivity index is 1.71. The number of carbonyl (C=O) groups excluding carboxylic acids is 2. The van der Waals surface area contributed by atoms with Crippen molar-refractivity contribution in [3.05, 3.63) is 48.0 Å². The molecule has 0 aromatic heterocycles. The fourth-order valence-electron chi connectivity index (χ4n) is 4.44. The van der Waals surface area contributed by atoms with E-state index in [0.717, 1.165) is 61.1 Å². The zero-order chi connectivity index (χ0) is 23.9. The summed E-state index contributed by atoms with van der Waals surface area (Å²) in [6.07, 6.45) is 0.373. The third-order valence-electron chi connectivity index (χ3n) is 6.19. The van der Waals surface area contributed by atoms with Gasteiger partial charge >= 0.3 is 0 Å². The molecule has 0 saturated carbocycles. The Morgan fingerprint density at radius 2 is 1.85 bits per heavy atom. The lowest BCUT2D eigenvalue weighted by Crippen LogP contribution is -2.37. The lowest BCUT2D eigenvalue weighted by atomic mass is 9.92. The Labute approximate surface area is 198 Å². The number of fused-ring (bicyclic) bond motifs is 2. The molecule has 3 aromatic carbocycles. The number of morpholine rings is 1. The number of carbonyl (C=O) groups is 2. The van der Waals surface area contributed by atoms with Gasteiger partial charge in [0.2, 0.25) is 5.78 Å². The summed E-state index contributed by atoms with van der Waals surface area (Å²) in [6, 6.07) is 13.3. The molecule has 1 aliphatic rings. The van der Waals surface area contributed by atoms with E-state index in [0.29, 0.717) is 29.5 Å². The van der Waals surface area contributed by atoms with Gasteiger partial charge in [-0.05, 0) is 41.9 Å². The Hall–Kier alpha value is -3.04. The van der Waals surface area contributed by atoms with E-state index in [2.05, 4.69) is 15.5 Å². The molecule has 1 atom stereocenters. The van der Waals surface area contributed by atoms with Crippen molar-refractivity contribution in [3.8, 4) is 0 Å². The van der Waals surface area contributed by atoms with Crippen LogP contribution >= 0.6 is 0 Å². The second kappa shape index (κ2) is 11.4.